The summed E-state index contributed by atoms with van der Waals surface area (Å²) < 4.78 is 5.77. The summed E-state index contributed by atoms with van der Waals surface area (Å²) in [7, 11) is 1.96. The van der Waals surface area contributed by atoms with Crippen molar-refractivity contribution in [2.75, 3.05) is 13.7 Å². The molecular formula is C14H21NO. The van der Waals surface area contributed by atoms with Crippen LogP contribution in [0.5, 0.6) is 5.75 Å². The van der Waals surface area contributed by atoms with E-state index in [1.54, 1.807) is 0 Å². The van der Waals surface area contributed by atoms with Gasteiger partial charge in [0.25, 0.3) is 0 Å². The van der Waals surface area contributed by atoms with E-state index in [1.165, 1.54) is 11.1 Å². The van der Waals surface area contributed by atoms with Gasteiger partial charge in [0, 0.05) is 11.6 Å². The van der Waals surface area contributed by atoms with Gasteiger partial charge in [-0.25, -0.2) is 0 Å². The van der Waals surface area contributed by atoms with Crippen LogP contribution in [-0.4, -0.2) is 13.7 Å². The van der Waals surface area contributed by atoms with Crippen LogP contribution in [0, 0.1) is 6.92 Å². The van der Waals surface area contributed by atoms with Crippen LogP contribution in [0.3, 0.4) is 0 Å². The minimum absolute atomic E-state index is 0.305. The first-order chi connectivity index (χ1) is 7.69. The maximum Gasteiger partial charge on any atom is 0.124 e. The zero-order valence-electron chi connectivity index (χ0n) is 10.4. The Hall–Kier alpha value is -1.28. The Morgan fingerprint density at radius 2 is 2.25 bits per heavy atom. The quantitative estimate of drug-likeness (QED) is 0.586. The molecule has 0 spiro atoms. The lowest BCUT2D eigenvalue weighted by atomic mass is 10.1. The van der Waals surface area contributed by atoms with Crippen LogP contribution in [-0.2, 0) is 0 Å². The normalized spacial score (nSPS) is 12.2. The van der Waals surface area contributed by atoms with E-state index in [1.807, 2.05) is 13.1 Å². The molecule has 0 aliphatic carbocycles. The van der Waals surface area contributed by atoms with Gasteiger partial charge in [-0.2, -0.15) is 0 Å². The number of rotatable bonds is 6. The van der Waals surface area contributed by atoms with Gasteiger partial charge in [0.2, 0.25) is 0 Å². The lowest BCUT2D eigenvalue weighted by Crippen LogP contribution is -2.14. The first kappa shape index (κ1) is 12.8. The Bertz CT molecular complexity index is 347. The molecule has 16 heavy (non-hydrogen) atoms. The van der Waals surface area contributed by atoms with Gasteiger partial charge in [-0.15, -0.1) is 6.58 Å². The van der Waals surface area contributed by atoms with Gasteiger partial charge in [0.1, 0.15) is 5.75 Å². The molecule has 2 heteroatoms. The van der Waals surface area contributed by atoms with E-state index in [2.05, 4.69) is 43.9 Å². The molecule has 0 saturated heterocycles. The van der Waals surface area contributed by atoms with Crippen molar-refractivity contribution < 1.29 is 4.74 Å². The van der Waals surface area contributed by atoms with E-state index < -0.39 is 0 Å². The fourth-order valence-corrected chi connectivity index (χ4v) is 1.53. The molecule has 1 unspecified atom stereocenters. The third-order valence-corrected chi connectivity index (χ3v) is 2.65. The molecule has 0 aliphatic heterocycles. The molecular weight excluding hydrogens is 198 g/mol. The van der Waals surface area contributed by atoms with Crippen molar-refractivity contribution in [3.8, 4) is 5.75 Å². The van der Waals surface area contributed by atoms with Crippen molar-refractivity contribution in [3.63, 3.8) is 0 Å². The van der Waals surface area contributed by atoms with Crippen LogP contribution in [0.15, 0.2) is 30.9 Å². The van der Waals surface area contributed by atoms with Crippen molar-refractivity contribution in [3.05, 3.63) is 42.0 Å². The van der Waals surface area contributed by atoms with Gasteiger partial charge >= 0.3 is 0 Å². The minimum atomic E-state index is 0.305. The van der Waals surface area contributed by atoms with E-state index >= 15 is 0 Å². The average Bonchev–Trinajstić information content (AvgIpc) is 2.29. The number of hydrogen-bond donors (Lipinski definition) is 1. The first-order valence-electron chi connectivity index (χ1n) is 5.70. The smallest absolute Gasteiger partial charge is 0.124 e. The summed E-state index contributed by atoms with van der Waals surface area (Å²) in [5.74, 6) is 0.976. The van der Waals surface area contributed by atoms with E-state index in [-0.39, 0.29) is 0 Å². The SMILES string of the molecule is C=CCCOc1cc(C)ccc1C(C)NC. The Balaban J connectivity index is 2.84. The van der Waals surface area contributed by atoms with Gasteiger partial charge in [-0.3, -0.25) is 0 Å². The van der Waals surface area contributed by atoms with Gasteiger partial charge in [0.05, 0.1) is 6.61 Å². The third-order valence-electron chi connectivity index (χ3n) is 2.65. The standard InChI is InChI=1S/C14H21NO/c1-5-6-9-16-14-10-11(2)7-8-13(14)12(3)15-4/h5,7-8,10,12,15H,1,6,9H2,2-4H3. The van der Waals surface area contributed by atoms with Gasteiger partial charge in [0.15, 0.2) is 0 Å². The zero-order chi connectivity index (χ0) is 12.0. The molecule has 88 valence electrons. The summed E-state index contributed by atoms with van der Waals surface area (Å²) in [6, 6.07) is 6.63. The van der Waals surface area contributed by atoms with E-state index in [0.717, 1.165) is 12.2 Å². The van der Waals surface area contributed by atoms with Crippen LogP contribution >= 0.6 is 0 Å². The van der Waals surface area contributed by atoms with Crippen molar-refractivity contribution in [2.45, 2.75) is 26.3 Å². The average molecular weight is 219 g/mol. The summed E-state index contributed by atoms with van der Waals surface area (Å²) >= 11 is 0. The van der Waals surface area contributed by atoms with Gasteiger partial charge in [-0.1, -0.05) is 18.2 Å². The molecule has 1 N–H and O–H groups in total. The fourth-order valence-electron chi connectivity index (χ4n) is 1.53. The van der Waals surface area contributed by atoms with Crippen LogP contribution in [0.25, 0.3) is 0 Å². The van der Waals surface area contributed by atoms with E-state index in [0.29, 0.717) is 12.6 Å². The summed E-state index contributed by atoms with van der Waals surface area (Å²) in [6.07, 6.45) is 2.75. The Labute approximate surface area is 98.3 Å². The molecule has 0 aliphatic rings. The van der Waals surface area contributed by atoms with E-state index in [9.17, 15) is 0 Å². The lowest BCUT2D eigenvalue weighted by Gasteiger charge is -2.16. The molecule has 2 nitrogen and oxygen atoms in total. The second kappa shape index (κ2) is 6.33. The van der Waals surface area contributed by atoms with Crippen molar-refractivity contribution in [2.24, 2.45) is 0 Å². The molecule has 0 fully saturated rings. The maximum atomic E-state index is 5.77. The molecule has 0 saturated carbocycles. The second-order valence-corrected chi connectivity index (χ2v) is 3.98. The van der Waals surface area contributed by atoms with Crippen LogP contribution in [0.1, 0.15) is 30.5 Å². The number of nitrogens with one attached hydrogen (secondary N) is 1. The molecule has 0 amide bonds. The minimum Gasteiger partial charge on any atom is -0.493 e. The van der Waals surface area contributed by atoms with E-state index in [4.69, 9.17) is 4.74 Å². The molecule has 1 atom stereocenters. The second-order valence-electron chi connectivity index (χ2n) is 3.98. The Kier molecular flexibility index (Phi) is 5.06. The lowest BCUT2D eigenvalue weighted by molar-refractivity contribution is 0.318. The highest BCUT2D eigenvalue weighted by Crippen LogP contribution is 2.26. The highest BCUT2D eigenvalue weighted by Gasteiger charge is 2.09. The summed E-state index contributed by atoms with van der Waals surface area (Å²) in [4.78, 5) is 0. The summed E-state index contributed by atoms with van der Waals surface area (Å²) in [5.41, 5.74) is 2.43. The predicted octanol–water partition coefficient (Wildman–Crippen LogP) is 3.23. The summed E-state index contributed by atoms with van der Waals surface area (Å²) in [5, 5.41) is 3.23. The van der Waals surface area contributed by atoms with Crippen LogP contribution in [0.2, 0.25) is 0 Å². The van der Waals surface area contributed by atoms with Crippen molar-refractivity contribution in [1.29, 1.82) is 0 Å². The largest absolute Gasteiger partial charge is 0.493 e. The van der Waals surface area contributed by atoms with Crippen LogP contribution < -0.4 is 10.1 Å². The molecule has 0 bridgehead atoms. The Morgan fingerprint density at radius 3 is 2.88 bits per heavy atom. The Morgan fingerprint density at radius 1 is 1.50 bits per heavy atom. The summed E-state index contributed by atoms with van der Waals surface area (Å²) in [6.45, 7) is 8.59. The van der Waals surface area contributed by atoms with Crippen LogP contribution in [0.4, 0.5) is 0 Å². The molecule has 0 aromatic heterocycles. The number of ether oxygens (including phenoxy) is 1. The fraction of sp³-hybridized carbons (Fsp3) is 0.429. The number of benzene rings is 1. The molecule has 0 radical (unpaired) electrons. The van der Waals surface area contributed by atoms with Gasteiger partial charge < -0.3 is 10.1 Å². The van der Waals surface area contributed by atoms with Crippen molar-refractivity contribution >= 4 is 0 Å². The number of aryl methyl sites for hydroxylation is 1. The maximum absolute atomic E-state index is 5.77. The molecule has 0 heterocycles. The predicted molar refractivity (Wildman–Crippen MR) is 69.0 cm³/mol. The topological polar surface area (TPSA) is 21.3 Å². The molecule has 1 aromatic rings. The molecule has 1 rings (SSSR count). The zero-order valence-corrected chi connectivity index (χ0v) is 10.4. The highest BCUT2D eigenvalue weighted by molar-refractivity contribution is 5.39. The monoisotopic (exact) mass is 219 g/mol. The van der Waals surface area contributed by atoms with Crippen molar-refractivity contribution in [1.82, 2.24) is 5.32 Å². The number of hydrogen-bond acceptors (Lipinski definition) is 2. The highest BCUT2D eigenvalue weighted by atomic mass is 16.5. The molecule has 1 aromatic carbocycles. The van der Waals surface area contributed by atoms with Gasteiger partial charge in [-0.05, 0) is 38.9 Å². The first-order valence-corrected chi connectivity index (χ1v) is 5.70. The third kappa shape index (κ3) is 3.38.